The lowest BCUT2D eigenvalue weighted by Gasteiger charge is -2.00. The van der Waals surface area contributed by atoms with Crippen LogP contribution >= 0.6 is 0 Å². The average Bonchev–Trinajstić information content (AvgIpc) is 2.57. The summed E-state index contributed by atoms with van der Waals surface area (Å²) in [6, 6.07) is 3.53. The fourth-order valence-electron chi connectivity index (χ4n) is 1.07. The molecule has 0 aliphatic heterocycles. The van der Waals surface area contributed by atoms with E-state index in [0.29, 0.717) is 12.3 Å². The second-order valence-corrected chi connectivity index (χ2v) is 2.97. The summed E-state index contributed by atoms with van der Waals surface area (Å²) in [5.74, 6) is 0.373. The molecule has 0 aliphatic carbocycles. The Balaban J connectivity index is 2.18. The van der Waals surface area contributed by atoms with Gasteiger partial charge in [0.1, 0.15) is 0 Å². The molecule has 1 aromatic heterocycles. The Morgan fingerprint density at radius 1 is 1.54 bits per heavy atom. The van der Waals surface area contributed by atoms with Crippen molar-refractivity contribution in [2.45, 2.75) is 32.6 Å². The molecule has 13 heavy (non-hydrogen) atoms. The van der Waals surface area contributed by atoms with Crippen LogP contribution in [0.1, 0.15) is 32.6 Å². The molecule has 3 heteroatoms. The third kappa shape index (κ3) is 3.78. The normalized spacial score (nSPS) is 9.92. The molecule has 0 spiro atoms. The van der Waals surface area contributed by atoms with Crippen molar-refractivity contribution in [3.8, 4) is 5.88 Å². The second-order valence-electron chi connectivity index (χ2n) is 2.97. The maximum absolute atomic E-state index is 11.1. The van der Waals surface area contributed by atoms with E-state index < -0.39 is 0 Å². The van der Waals surface area contributed by atoms with E-state index in [1.165, 1.54) is 0 Å². The van der Waals surface area contributed by atoms with Crippen molar-refractivity contribution in [3.63, 3.8) is 0 Å². The van der Waals surface area contributed by atoms with Crippen LogP contribution in [0.4, 0.5) is 0 Å². The maximum atomic E-state index is 11.1. The largest absolute Gasteiger partial charge is 0.410 e. The summed E-state index contributed by atoms with van der Waals surface area (Å²) in [6.07, 6.45) is 5.35. The fraction of sp³-hybridized carbons (Fsp3) is 0.500. The van der Waals surface area contributed by atoms with Crippen molar-refractivity contribution in [3.05, 3.63) is 18.3 Å². The zero-order valence-corrected chi connectivity index (χ0v) is 7.88. The standard InChI is InChI=1S/C10H15NO2/c1-2-3-4-7-10(12)13-9-6-5-8-11-9/h5-6,8,11H,2-4,7H2,1H3. The molecule has 0 radical (unpaired) electrons. The maximum Gasteiger partial charge on any atom is 0.312 e. The minimum Gasteiger partial charge on any atom is -0.410 e. The van der Waals surface area contributed by atoms with Gasteiger partial charge in [0, 0.05) is 18.7 Å². The van der Waals surface area contributed by atoms with E-state index in [2.05, 4.69) is 11.9 Å². The van der Waals surface area contributed by atoms with Crippen LogP contribution in [0.5, 0.6) is 5.88 Å². The van der Waals surface area contributed by atoms with Gasteiger partial charge in [-0.15, -0.1) is 0 Å². The molecule has 0 unspecified atom stereocenters. The number of rotatable bonds is 5. The SMILES string of the molecule is CCCCCC(=O)Oc1ccc[nH]1. The Hall–Kier alpha value is -1.25. The number of aromatic nitrogens is 1. The summed E-state index contributed by atoms with van der Waals surface area (Å²) >= 11 is 0. The predicted octanol–water partition coefficient (Wildman–Crippen LogP) is 2.50. The molecule has 0 fully saturated rings. The van der Waals surface area contributed by atoms with E-state index in [4.69, 9.17) is 4.74 Å². The Kier molecular flexibility index (Phi) is 4.09. The van der Waals surface area contributed by atoms with Crippen molar-refractivity contribution in [2.24, 2.45) is 0 Å². The van der Waals surface area contributed by atoms with E-state index in [-0.39, 0.29) is 5.97 Å². The van der Waals surface area contributed by atoms with Gasteiger partial charge in [-0.05, 0) is 12.5 Å². The number of hydrogen-bond acceptors (Lipinski definition) is 2. The van der Waals surface area contributed by atoms with Crippen LogP contribution < -0.4 is 4.74 Å². The Morgan fingerprint density at radius 3 is 3.00 bits per heavy atom. The smallest absolute Gasteiger partial charge is 0.312 e. The van der Waals surface area contributed by atoms with Crippen LogP contribution in [0, 0.1) is 0 Å². The lowest BCUT2D eigenvalue weighted by molar-refractivity contribution is -0.134. The Bertz CT molecular complexity index is 241. The summed E-state index contributed by atoms with van der Waals surface area (Å²) < 4.78 is 5.01. The van der Waals surface area contributed by atoms with E-state index in [0.717, 1.165) is 19.3 Å². The van der Waals surface area contributed by atoms with Crippen molar-refractivity contribution < 1.29 is 9.53 Å². The van der Waals surface area contributed by atoms with E-state index >= 15 is 0 Å². The summed E-state index contributed by atoms with van der Waals surface area (Å²) in [4.78, 5) is 14.0. The lowest BCUT2D eigenvalue weighted by atomic mass is 10.2. The third-order valence-corrected chi connectivity index (χ3v) is 1.78. The molecule has 3 nitrogen and oxygen atoms in total. The first-order valence-corrected chi connectivity index (χ1v) is 4.67. The number of esters is 1. The number of nitrogens with one attached hydrogen (secondary N) is 1. The van der Waals surface area contributed by atoms with E-state index in [1.807, 2.05) is 0 Å². The van der Waals surface area contributed by atoms with Gasteiger partial charge in [-0.1, -0.05) is 19.8 Å². The summed E-state index contributed by atoms with van der Waals surface area (Å²) in [6.45, 7) is 2.11. The van der Waals surface area contributed by atoms with Gasteiger partial charge in [0.2, 0.25) is 5.88 Å². The quantitative estimate of drug-likeness (QED) is 0.560. The van der Waals surface area contributed by atoms with Crippen molar-refractivity contribution in [2.75, 3.05) is 0 Å². The van der Waals surface area contributed by atoms with Crippen LogP contribution in [0.3, 0.4) is 0 Å². The highest BCUT2D eigenvalue weighted by Crippen LogP contribution is 2.07. The number of hydrogen-bond donors (Lipinski definition) is 1. The molecule has 0 aromatic carbocycles. The van der Waals surface area contributed by atoms with Crippen LogP contribution in [0.15, 0.2) is 18.3 Å². The molecule has 0 bridgehead atoms. The molecule has 0 saturated heterocycles. The summed E-state index contributed by atoms with van der Waals surface area (Å²) in [5.41, 5.74) is 0. The molecule has 0 atom stereocenters. The first-order chi connectivity index (χ1) is 6.33. The highest BCUT2D eigenvalue weighted by Gasteiger charge is 2.03. The van der Waals surface area contributed by atoms with Gasteiger partial charge in [0.05, 0.1) is 0 Å². The zero-order chi connectivity index (χ0) is 9.52. The molecule has 1 aromatic rings. The molecule has 1 rings (SSSR count). The zero-order valence-electron chi connectivity index (χ0n) is 7.88. The molecule has 1 heterocycles. The van der Waals surface area contributed by atoms with Crippen LogP contribution in [-0.4, -0.2) is 11.0 Å². The average molecular weight is 181 g/mol. The highest BCUT2D eigenvalue weighted by molar-refractivity contribution is 5.71. The lowest BCUT2D eigenvalue weighted by Crippen LogP contribution is -2.07. The minimum absolute atomic E-state index is 0.157. The second kappa shape index (κ2) is 5.41. The number of carbonyl (C=O) groups excluding carboxylic acids is 1. The van der Waals surface area contributed by atoms with Crippen molar-refractivity contribution in [1.29, 1.82) is 0 Å². The molecule has 0 aliphatic rings. The summed E-state index contributed by atoms with van der Waals surface area (Å²) in [7, 11) is 0. The van der Waals surface area contributed by atoms with Gasteiger partial charge >= 0.3 is 5.97 Å². The minimum atomic E-state index is -0.157. The van der Waals surface area contributed by atoms with Crippen molar-refractivity contribution in [1.82, 2.24) is 4.98 Å². The topological polar surface area (TPSA) is 42.1 Å². The Morgan fingerprint density at radius 2 is 2.38 bits per heavy atom. The number of ether oxygens (including phenoxy) is 1. The van der Waals surface area contributed by atoms with Gasteiger partial charge in [-0.25, -0.2) is 0 Å². The van der Waals surface area contributed by atoms with Gasteiger partial charge < -0.3 is 9.72 Å². The number of aromatic amines is 1. The van der Waals surface area contributed by atoms with Crippen molar-refractivity contribution >= 4 is 5.97 Å². The van der Waals surface area contributed by atoms with Gasteiger partial charge in [-0.2, -0.15) is 0 Å². The third-order valence-electron chi connectivity index (χ3n) is 1.78. The van der Waals surface area contributed by atoms with Gasteiger partial charge in [0.25, 0.3) is 0 Å². The highest BCUT2D eigenvalue weighted by atomic mass is 16.5. The van der Waals surface area contributed by atoms with Crippen LogP contribution in [0.2, 0.25) is 0 Å². The van der Waals surface area contributed by atoms with Gasteiger partial charge in [-0.3, -0.25) is 4.79 Å². The molecule has 1 N–H and O–H groups in total. The first kappa shape index (κ1) is 9.84. The van der Waals surface area contributed by atoms with Gasteiger partial charge in [0.15, 0.2) is 0 Å². The number of H-pyrrole nitrogens is 1. The molecule has 72 valence electrons. The number of unbranched alkanes of at least 4 members (excludes halogenated alkanes) is 2. The fourth-order valence-corrected chi connectivity index (χ4v) is 1.07. The monoisotopic (exact) mass is 181 g/mol. The van der Waals surface area contributed by atoms with Crippen LogP contribution in [-0.2, 0) is 4.79 Å². The molecule has 0 saturated carbocycles. The molecular formula is C10H15NO2. The van der Waals surface area contributed by atoms with Crippen LogP contribution in [0.25, 0.3) is 0 Å². The summed E-state index contributed by atoms with van der Waals surface area (Å²) in [5, 5.41) is 0. The predicted molar refractivity (Wildman–Crippen MR) is 50.6 cm³/mol. The van der Waals surface area contributed by atoms with E-state index in [1.54, 1.807) is 18.3 Å². The van der Waals surface area contributed by atoms with E-state index in [9.17, 15) is 4.79 Å². The first-order valence-electron chi connectivity index (χ1n) is 4.67. The Labute approximate surface area is 78.1 Å². The number of carbonyl (C=O) groups is 1. The molecule has 0 amide bonds. The molecular weight excluding hydrogens is 166 g/mol.